The van der Waals surface area contributed by atoms with E-state index in [2.05, 4.69) is 20.3 Å². The molecule has 4 rings (SSSR count). The third-order valence-corrected chi connectivity index (χ3v) is 5.15. The van der Waals surface area contributed by atoms with E-state index in [0.717, 1.165) is 17.6 Å². The summed E-state index contributed by atoms with van der Waals surface area (Å²) in [6.45, 7) is 4.00. The van der Waals surface area contributed by atoms with Crippen molar-refractivity contribution in [1.82, 2.24) is 19.5 Å². The number of rotatable bonds is 6. The van der Waals surface area contributed by atoms with Crippen LogP contribution in [-0.2, 0) is 4.74 Å². The Balaban J connectivity index is 1.53. The minimum atomic E-state index is -0.683. The molecule has 1 fully saturated rings. The average Bonchev–Trinajstić information content (AvgIpc) is 3.37. The lowest BCUT2D eigenvalue weighted by Crippen LogP contribution is -2.34. The summed E-state index contributed by atoms with van der Waals surface area (Å²) in [6, 6.07) is 6.87. The van der Waals surface area contributed by atoms with Gasteiger partial charge in [0, 0.05) is 16.9 Å². The molecule has 10 heteroatoms. The maximum absolute atomic E-state index is 14.4. The number of halogens is 2. The average molecular weight is 431 g/mol. The van der Waals surface area contributed by atoms with Gasteiger partial charge in [-0.2, -0.15) is 4.98 Å². The van der Waals surface area contributed by atoms with E-state index in [9.17, 15) is 9.18 Å². The standard InChI is InChI=1S/C20H20ClFN6O2/c1-3-14-10-30-20(29)28(14)18-16(22)8-23-19(26-18)25-12(2)17-9-27(11-24-17)15-6-4-13(21)5-7-15/h4-9,11-12,14H,3,10H2,1-2H3,(H,23,25,26)/t12-,14-/m0/s1. The van der Waals surface area contributed by atoms with E-state index in [-0.39, 0.29) is 30.5 Å². The zero-order valence-electron chi connectivity index (χ0n) is 16.4. The summed E-state index contributed by atoms with van der Waals surface area (Å²) in [5, 5.41) is 3.76. The van der Waals surface area contributed by atoms with Crippen molar-refractivity contribution < 1.29 is 13.9 Å². The van der Waals surface area contributed by atoms with Crippen LogP contribution in [0.3, 0.4) is 0 Å². The molecule has 0 aliphatic carbocycles. The summed E-state index contributed by atoms with van der Waals surface area (Å²) in [5.41, 5.74) is 1.66. The second-order valence-corrected chi connectivity index (χ2v) is 7.36. The molecule has 156 valence electrons. The van der Waals surface area contributed by atoms with Crippen molar-refractivity contribution in [3.05, 3.63) is 59.5 Å². The van der Waals surface area contributed by atoms with Gasteiger partial charge in [0.05, 0.1) is 30.3 Å². The van der Waals surface area contributed by atoms with Gasteiger partial charge in [-0.1, -0.05) is 18.5 Å². The molecule has 1 aliphatic heterocycles. The summed E-state index contributed by atoms with van der Waals surface area (Å²) in [4.78, 5) is 25.9. The number of nitrogens with zero attached hydrogens (tertiary/aromatic N) is 5. The number of amides is 1. The van der Waals surface area contributed by atoms with Crippen LogP contribution in [0, 0.1) is 5.82 Å². The lowest BCUT2D eigenvalue weighted by molar-refractivity contribution is 0.178. The Labute approximate surface area is 177 Å². The second kappa shape index (κ2) is 8.27. The Morgan fingerprint density at radius 1 is 1.33 bits per heavy atom. The van der Waals surface area contributed by atoms with E-state index < -0.39 is 11.9 Å². The Morgan fingerprint density at radius 2 is 2.10 bits per heavy atom. The van der Waals surface area contributed by atoms with Gasteiger partial charge in [-0.05, 0) is 37.6 Å². The SMILES string of the molecule is CC[C@H]1COC(=O)N1c1nc(N[C@@H](C)c2cn(-c3ccc(Cl)cc3)cn2)ncc1F. The van der Waals surface area contributed by atoms with E-state index in [0.29, 0.717) is 11.4 Å². The summed E-state index contributed by atoms with van der Waals surface area (Å²) in [5.74, 6) is -0.590. The molecule has 3 heterocycles. The van der Waals surface area contributed by atoms with Crippen LogP contribution in [0.25, 0.3) is 5.69 Å². The van der Waals surface area contributed by atoms with E-state index in [1.807, 2.05) is 36.7 Å². The lowest BCUT2D eigenvalue weighted by Gasteiger charge is -2.20. The Kier molecular flexibility index (Phi) is 5.54. The van der Waals surface area contributed by atoms with Crippen LogP contribution in [0.4, 0.5) is 21.0 Å². The fraction of sp³-hybridized carbons (Fsp3) is 0.300. The summed E-state index contributed by atoms with van der Waals surface area (Å²) in [6.07, 6.45) is 4.62. The highest BCUT2D eigenvalue weighted by atomic mass is 35.5. The number of hydrogen-bond acceptors (Lipinski definition) is 6. The highest BCUT2D eigenvalue weighted by molar-refractivity contribution is 6.30. The maximum atomic E-state index is 14.4. The number of carbonyl (C=O) groups excluding carboxylic acids is 1. The van der Waals surface area contributed by atoms with E-state index in [1.165, 1.54) is 4.90 Å². The van der Waals surface area contributed by atoms with Crippen LogP contribution in [-0.4, -0.2) is 38.3 Å². The predicted octanol–water partition coefficient (Wildman–Crippen LogP) is 4.36. The molecular weight excluding hydrogens is 411 g/mol. The molecule has 30 heavy (non-hydrogen) atoms. The minimum Gasteiger partial charge on any atom is -0.447 e. The molecule has 1 saturated heterocycles. The van der Waals surface area contributed by atoms with E-state index >= 15 is 0 Å². The molecule has 1 aliphatic rings. The van der Waals surface area contributed by atoms with Crippen LogP contribution >= 0.6 is 11.6 Å². The smallest absolute Gasteiger partial charge is 0.416 e. The summed E-state index contributed by atoms with van der Waals surface area (Å²) < 4.78 is 21.3. The molecule has 2 atom stereocenters. The Hall–Kier alpha value is -3.20. The van der Waals surface area contributed by atoms with E-state index in [1.54, 1.807) is 18.5 Å². The molecule has 1 aromatic carbocycles. The number of cyclic esters (lactones) is 1. The first-order valence-electron chi connectivity index (χ1n) is 9.51. The first-order valence-corrected chi connectivity index (χ1v) is 9.89. The first kappa shape index (κ1) is 20.1. The van der Waals surface area contributed by atoms with Crippen LogP contribution in [0.1, 0.15) is 32.0 Å². The Bertz CT molecular complexity index is 1060. The number of benzene rings is 1. The van der Waals surface area contributed by atoms with Gasteiger partial charge in [-0.15, -0.1) is 0 Å². The zero-order chi connectivity index (χ0) is 21.3. The van der Waals surface area contributed by atoms with Crippen molar-refractivity contribution in [2.24, 2.45) is 0 Å². The van der Waals surface area contributed by atoms with Gasteiger partial charge in [0.15, 0.2) is 11.6 Å². The summed E-state index contributed by atoms with van der Waals surface area (Å²) >= 11 is 5.94. The second-order valence-electron chi connectivity index (χ2n) is 6.92. The highest BCUT2D eigenvalue weighted by Crippen LogP contribution is 2.27. The van der Waals surface area contributed by atoms with Gasteiger partial charge in [0.1, 0.15) is 6.61 Å². The highest BCUT2D eigenvalue weighted by Gasteiger charge is 2.36. The molecule has 3 aromatic rings. The number of ether oxygens (including phenoxy) is 1. The third kappa shape index (κ3) is 3.93. The molecule has 1 N–H and O–H groups in total. The van der Waals surface area contributed by atoms with Crippen LogP contribution < -0.4 is 10.2 Å². The quantitative estimate of drug-likeness (QED) is 0.625. The summed E-state index contributed by atoms with van der Waals surface area (Å²) in [7, 11) is 0. The molecule has 0 bridgehead atoms. The van der Waals surface area contributed by atoms with Gasteiger partial charge in [-0.3, -0.25) is 4.90 Å². The van der Waals surface area contributed by atoms with E-state index in [4.69, 9.17) is 16.3 Å². The number of carbonyl (C=O) groups is 1. The van der Waals surface area contributed by atoms with Crippen molar-refractivity contribution >= 4 is 29.5 Å². The van der Waals surface area contributed by atoms with Gasteiger partial charge in [0.2, 0.25) is 5.95 Å². The molecule has 8 nitrogen and oxygen atoms in total. The minimum absolute atomic E-state index is 0.0965. The molecule has 0 radical (unpaired) electrons. The number of nitrogens with one attached hydrogen (secondary N) is 1. The zero-order valence-corrected chi connectivity index (χ0v) is 17.2. The van der Waals surface area contributed by atoms with Crippen molar-refractivity contribution in [1.29, 1.82) is 0 Å². The largest absolute Gasteiger partial charge is 0.447 e. The molecular formula is C20H20ClFN6O2. The fourth-order valence-corrected chi connectivity index (χ4v) is 3.33. The number of hydrogen-bond donors (Lipinski definition) is 1. The van der Waals surface area contributed by atoms with Gasteiger partial charge in [0.25, 0.3) is 0 Å². The molecule has 1 amide bonds. The number of aromatic nitrogens is 4. The van der Waals surface area contributed by atoms with Crippen molar-refractivity contribution in [2.75, 3.05) is 16.8 Å². The molecule has 0 unspecified atom stereocenters. The third-order valence-electron chi connectivity index (χ3n) is 4.90. The van der Waals surface area contributed by atoms with Gasteiger partial charge >= 0.3 is 6.09 Å². The number of anilines is 2. The van der Waals surface area contributed by atoms with Gasteiger partial charge < -0.3 is 14.6 Å². The topological polar surface area (TPSA) is 85.2 Å². The lowest BCUT2D eigenvalue weighted by atomic mass is 10.2. The first-order chi connectivity index (χ1) is 14.5. The van der Waals surface area contributed by atoms with Crippen LogP contribution in [0.15, 0.2) is 43.0 Å². The molecule has 0 spiro atoms. The van der Waals surface area contributed by atoms with Gasteiger partial charge in [-0.25, -0.2) is 19.2 Å². The maximum Gasteiger partial charge on any atom is 0.416 e. The van der Waals surface area contributed by atoms with Crippen LogP contribution in [0.2, 0.25) is 5.02 Å². The molecule has 2 aromatic heterocycles. The van der Waals surface area contributed by atoms with Crippen molar-refractivity contribution in [3.63, 3.8) is 0 Å². The molecule has 0 saturated carbocycles. The predicted molar refractivity (Wildman–Crippen MR) is 111 cm³/mol. The monoisotopic (exact) mass is 430 g/mol. The van der Waals surface area contributed by atoms with Crippen LogP contribution in [0.5, 0.6) is 0 Å². The number of imidazole rings is 1. The van der Waals surface area contributed by atoms with Crippen molar-refractivity contribution in [3.8, 4) is 5.69 Å². The normalized spacial score (nSPS) is 17.1. The van der Waals surface area contributed by atoms with Crippen molar-refractivity contribution in [2.45, 2.75) is 32.4 Å². The Morgan fingerprint density at radius 3 is 2.83 bits per heavy atom. The fourth-order valence-electron chi connectivity index (χ4n) is 3.20.